The van der Waals surface area contributed by atoms with E-state index in [1.54, 1.807) is 0 Å². The van der Waals surface area contributed by atoms with Crippen LogP contribution in [0.25, 0.3) is 0 Å². The highest BCUT2D eigenvalue weighted by Gasteiger charge is 2.39. The molecule has 0 radical (unpaired) electrons. The second kappa shape index (κ2) is 10.8. The number of fused-ring (bicyclic) bond motifs is 1. The van der Waals surface area contributed by atoms with Gasteiger partial charge in [-0.15, -0.1) is 11.8 Å². The lowest BCUT2D eigenvalue weighted by atomic mass is 10.0. The predicted molar refractivity (Wildman–Crippen MR) is 126 cm³/mol. The smallest absolute Gasteiger partial charge is 0.241 e. The van der Waals surface area contributed by atoms with E-state index in [1.807, 2.05) is 56.9 Å². The zero-order valence-corrected chi connectivity index (χ0v) is 19.6. The summed E-state index contributed by atoms with van der Waals surface area (Å²) in [6.07, 6.45) is 0.940. The summed E-state index contributed by atoms with van der Waals surface area (Å²) >= 11 is 1.49. The number of rotatable bonds is 9. The Labute approximate surface area is 189 Å². The van der Waals surface area contributed by atoms with Crippen LogP contribution < -0.4 is 10.2 Å². The largest absolute Gasteiger partial charge is 0.379 e. The minimum Gasteiger partial charge on any atom is -0.379 e. The van der Waals surface area contributed by atoms with Gasteiger partial charge in [0.2, 0.25) is 11.8 Å². The lowest BCUT2D eigenvalue weighted by Crippen LogP contribution is -2.47. The molecule has 2 amide bonds. The van der Waals surface area contributed by atoms with Crippen molar-refractivity contribution in [3.8, 4) is 0 Å². The van der Waals surface area contributed by atoms with Crippen LogP contribution in [0.4, 0.5) is 5.69 Å². The molecule has 0 aliphatic carbocycles. The number of amides is 2. The van der Waals surface area contributed by atoms with Gasteiger partial charge in [-0.05, 0) is 44.9 Å². The van der Waals surface area contributed by atoms with E-state index in [1.165, 1.54) is 17.3 Å². The number of aryl methyl sites for hydroxylation is 1. The molecule has 166 valence electrons. The van der Waals surface area contributed by atoms with Crippen LogP contribution in [0.1, 0.15) is 38.3 Å². The van der Waals surface area contributed by atoms with Gasteiger partial charge in [-0.1, -0.05) is 48.9 Å². The van der Waals surface area contributed by atoms with Crippen molar-refractivity contribution in [3.05, 3.63) is 59.7 Å². The number of benzene rings is 2. The summed E-state index contributed by atoms with van der Waals surface area (Å²) in [5.74, 6) is -0.544. The van der Waals surface area contributed by atoms with Crippen molar-refractivity contribution in [2.75, 3.05) is 18.1 Å². The summed E-state index contributed by atoms with van der Waals surface area (Å²) in [4.78, 5) is 29.1. The molecule has 0 aromatic heterocycles. The number of hydrogen-bond donors (Lipinski definition) is 1. The summed E-state index contributed by atoms with van der Waals surface area (Å²) in [7, 11) is 0. The first-order chi connectivity index (χ1) is 14.9. The Kier molecular flexibility index (Phi) is 8.15. The van der Waals surface area contributed by atoms with Gasteiger partial charge < -0.3 is 15.0 Å². The Bertz CT molecular complexity index is 898. The van der Waals surface area contributed by atoms with Crippen LogP contribution in [0, 0.1) is 12.8 Å². The van der Waals surface area contributed by atoms with E-state index in [2.05, 4.69) is 29.6 Å². The first kappa shape index (κ1) is 23.4. The summed E-state index contributed by atoms with van der Waals surface area (Å²) in [6, 6.07) is 16.1. The van der Waals surface area contributed by atoms with Crippen molar-refractivity contribution in [1.82, 2.24) is 5.32 Å². The maximum absolute atomic E-state index is 13.5. The van der Waals surface area contributed by atoms with Gasteiger partial charge in [0.1, 0.15) is 5.25 Å². The molecule has 0 spiro atoms. The molecule has 0 bridgehead atoms. The molecule has 5 nitrogen and oxygen atoms in total. The van der Waals surface area contributed by atoms with Gasteiger partial charge in [0, 0.05) is 18.0 Å². The van der Waals surface area contributed by atoms with Crippen LogP contribution in [0.15, 0.2) is 53.4 Å². The van der Waals surface area contributed by atoms with Gasteiger partial charge in [-0.2, -0.15) is 0 Å². The van der Waals surface area contributed by atoms with Gasteiger partial charge >= 0.3 is 0 Å². The van der Waals surface area contributed by atoms with Gasteiger partial charge in [0.05, 0.1) is 24.3 Å². The highest BCUT2D eigenvalue weighted by molar-refractivity contribution is 8.01. The lowest BCUT2D eigenvalue weighted by molar-refractivity contribution is -0.128. The van der Waals surface area contributed by atoms with Crippen LogP contribution in [-0.4, -0.2) is 36.3 Å². The maximum Gasteiger partial charge on any atom is 0.241 e. The molecule has 3 rings (SSSR count). The molecule has 1 aliphatic heterocycles. The third kappa shape index (κ3) is 6.11. The molecule has 1 aliphatic rings. The number of hydrogen-bond acceptors (Lipinski definition) is 4. The molecule has 2 aromatic carbocycles. The molecule has 1 heterocycles. The monoisotopic (exact) mass is 440 g/mol. The molecular formula is C25H32N2O3S. The van der Waals surface area contributed by atoms with E-state index in [0.717, 1.165) is 22.6 Å². The fourth-order valence-corrected chi connectivity index (χ4v) is 4.78. The van der Waals surface area contributed by atoms with Crippen LogP contribution >= 0.6 is 11.8 Å². The van der Waals surface area contributed by atoms with Crippen LogP contribution in [0.3, 0.4) is 0 Å². The average Bonchev–Trinajstić information content (AvgIpc) is 2.75. The van der Waals surface area contributed by atoms with Gasteiger partial charge in [0.25, 0.3) is 0 Å². The maximum atomic E-state index is 13.5. The molecule has 1 N–H and O–H groups in total. The number of anilines is 1. The summed E-state index contributed by atoms with van der Waals surface area (Å²) in [5, 5.41) is 2.51. The molecule has 31 heavy (non-hydrogen) atoms. The lowest BCUT2D eigenvalue weighted by Gasteiger charge is -2.35. The van der Waals surface area contributed by atoms with E-state index in [0.29, 0.717) is 19.7 Å². The topological polar surface area (TPSA) is 58.6 Å². The number of carbonyl (C=O) groups excluding carboxylic acids is 2. The Balaban J connectivity index is 1.70. The first-order valence-electron chi connectivity index (χ1n) is 10.9. The van der Waals surface area contributed by atoms with E-state index in [4.69, 9.17) is 4.74 Å². The zero-order chi connectivity index (χ0) is 22.4. The number of ether oxygens (including phenoxy) is 1. The summed E-state index contributed by atoms with van der Waals surface area (Å²) < 4.78 is 5.52. The van der Waals surface area contributed by atoms with Crippen molar-refractivity contribution in [3.63, 3.8) is 0 Å². The fourth-order valence-electron chi connectivity index (χ4n) is 3.50. The normalized spacial score (nSPS) is 16.9. The van der Waals surface area contributed by atoms with E-state index >= 15 is 0 Å². The summed E-state index contributed by atoms with van der Waals surface area (Å²) in [6.45, 7) is 9.53. The highest BCUT2D eigenvalue weighted by atomic mass is 32.2. The Morgan fingerprint density at radius 3 is 2.55 bits per heavy atom. The Morgan fingerprint density at radius 2 is 1.84 bits per heavy atom. The molecule has 2 atom stereocenters. The molecular weight excluding hydrogens is 408 g/mol. The zero-order valence-electron chi connectivity index (χ0n) is 18.8. The van der Waals surface area contributed by atoms with E-state index < -0.39 is 11.2 Å². The van der Waals surface area contributed by atoms with Crippen LogP contribution in [0.5, 0.6) is 0 Å². The van der Waals surface area contributed by atoms with Crippen LogP contribution in [0.2, 0.25) is 0 Å². The van der Waals surface area contributed by atoms with Crippen molar-refractivity contribution in [2.45, 2.75) is 56.9 Å². The SMILES string of the molecule is Cc1ccc(CN2C(=O)[C@@H]([C@H](C)C(=O)NCCCOC(C)C)Sc3ccccc32)cc1. The second-order valence-electron chi connectivity index (χ2n) is 8.27. The third-order valence-corrected chi connectivity index (χ3v) is 6.78. The van der Waals surface area contributed by atoms with Crippen molar-refractivity contribution >= 4 is 29.3 Å². The highest BCUT2D eigenvalue weighted by Crippen LogP contribution is 2.42. The van der Waals surface area contributed by atoms with Crippen molar-refractivity contribution in [2.24, 2.45) is 5.92 Å². The quantitative estimate of drug-likeness (QED) is 0.581. The number of carbonyl (C=O) groups is 2. The van der Waals surface area contributed by atoms with Gasteiger partial charge in [-0.25, -0.2) is 0 Å². The minimum atomic E-state index is -0.452. The molecule has 6 heteroatoms. The molecule has 0 fully saturated rings. The van der Waals surface area contributed by atoms with Crippen molar-refractivity contribution < 1.29 is 14.3 Å². The number of nitrogens with one attached hydrogen (secondary N) is 1. The number of thioether (sulfide) groups is 1. The Hall–Kier alpha value is -2.31. The van der Waals surface area contributed by atoms with Gasteiger partial charge in [-0.3, -0.25) is 9.59 Å². The van der Waals surface area contributed by atoms with Crippen molar-refractivity contribution in [1.29, 1.82) is 0 Å². The molecule has 2 aromatic rings. The molecule has 0 unspecified atom stereocenters. The van der Waals surface area contributed by atoms with Gasteiger partial charge in [0.15, 0.2) is 0 Å². The predicted octanol–water partition coefficient (Wildman–Crippen LogP) is 4.57. The third-order valence-electron chi connectivity index (χ3n) is 5.32. The average molecular weight is 441 g/mol. The standard InChI is InChI=1S/C25H32N2O3S/c1-17(2)30-15-7-14-26-24(28)19(4)23-25(29)27(16-20-12-10-18(3)11-13-20)21-8-5-6-9-22(21)31-23/h5-6,8-13,17,19,23H,7,14-16H2,1-4H3,(H,26,28)/t19-,23+/m0/s1. The number of nitrogens with zero attached hydrogens (tertiary/aromatic N) is 1. The second-order valence-corrected chi connectivity index (χ2v) is 9.45. The molecule has 0 saturated carbocycles. The summed E-state index contributed by atoms with van der Waals surface area (Å²) in [5.41, 5.74) is 3.17. The van der Waals surface area contributed by atoms with Crippen LogP contribution in [-0.2, 0) is 20.9 Å². The fraction of sp³-hybridized carbons (Fsp3) is 0.440. The molecule has 0 saturated heterocycles. The first-order valence-corrected chi connectivity index (χ1v) is 11.8. The van der Waals surface area contributed by atoms with E-state index in [9.17, 15) is 9.59 Å². The minimum absolute atomic E-state index is 0.0185. The van der Waals surface area contributed by atoms with E-state index in [-0.39, 0.29) is 17.9 Å². The Morgan fingerprint density at radius 1 is 1.13 bits per heavy atom. The number of para-hydroxylation sites is 1.